The number of anilines is 1. The molecule has 1 atom stereocenters. The van der Waals surface area contributed by atoms with Crippen LogP contribution in [0.15, 0.2) is 30.3 Å². The van der Waals surface area contributed by atoms with E-state index in [9.17, 15) is 14.0 Å². The van der Waals surface area contributed by atoms with Gasteiger partial charge in [0.05, 0.1) is 10.2 Å². The minimum absolute atomic E-state index is 0.0813. The lowest BCUT2D eigenvalue weighted by Gasteiger charge is -2.33. The maximum absolute atomic E-state index is 13.4. The number of thiazole rings is 1. The summed E-state index contributed by atoms with van der Waals surface area (Å²) in [7, 11) is 0. The Morgan fingerprint density at radius 1 is 1.27 bits per heavy atom. The highest BCUT2D eigenvalue weighted by Gasteiger charge is 2.30. The summed E-state index contributed by atoms with van der Waals surface area (Å²) in [6.07, 6.45) is 2.52. The molecule has 1 aliphatic heterocycles. The third kappa shape index (κ3) is 3.03. The molecule has 0 bridgehead atoms. The van der Waals surface area contributed by atoms with Gasteiger partial charge in [0, 0.05) is 18.9 Å². The number of carbonyl (C=O) groups excluding carboxylic acids is 2. The predicted octanol–water partition coefficient (Wildman–Crippen LogP) is 3.93. The number of rotatable bonds is 2. The van der Waals surface area contributed by atoms with Crippen LogP contribution in [-0.2, 0) is 9.59 Å². The highest BCUT2D eigenvalue weighted by Crippen LogP contribution is 2.33. The first-order valence-electron chi connectivity index (χ1n) is 8.60. The van der Waals surface area contributed by atoms with Gasteiger partial charge >= 0.3 is 0 Å². The van der Waals surface area contributed by atoms with E-state index in [0.29, 0.717) is 18.1 Å². The number of hydrogen-bond acceptors (Lipinski definition) is 4. The third-order valence-corrected chi connectivity index (χ3v) is 5.79. The zero-order valence-corrected chi connectivity index (χ0v) is 15.1. The molecule has 4 rings (SSSR count). The van der Waals surface area contributed by atoms with Crippen LogP contribution in [0.3, 0.4) is 0 Å². The monoisotopic (exact) mass is 371 g/mol. The van der Waals surface area contributed by atoms with E-state index in [1.807, 2.05) is 12.1 Å². The molecule has 0 radical (unpaired) electrons. The van der Waals surface area contributed by atoms with Crippen LogP contribution < -0.4 is 5.32 Å². The molecule has 1 aromatic heterocycles. The molecule has 2 amide bonds. The highest BCUT2D eigenvalue weighted by atomic mass is 32.1. The fraction of sp³-hybridized carbons (Fsp3) is 0.316. The zero-order chi connectivity index (χ0) is 18.3. The van der Waals surface area contributed by atoms with E-state index in [2.05, 4.69) is 10.3 Å². The van der Waals surface area contributed by atoms with Crippen molar-refractivity contribution in [2.45, 2.75) is 32.2 Å². The second kappa shape index (κ2) is 6.64. The summed E-state index contributed by atoms with van der Waals surface area (Å²) >= 11 is 1.37. The van der Waals surface area contributed by atoms with Gasteiger partial charge < -0.3 is 10.2 Å². The van der Waals surface area contributed by atoms with E-state index in [0.717, 1.165) is 33.8 Å². The van der Waals surface area contributed by atoms with Gasteiger partial charge in [-0.1, -0.05) is 17.4 Å². The Morgan fingerprint density at radius 3 is 2.92 bits per heavy atom. The fourth-order valence-electron chi connectivity index (χ4n) is 3.51. The SMILES string of the molecule is CC(=O)N1CCCC[C@@H]1C(=O)Nc1nc2ccc3cc(F)ccc3c2s1. The molecule has 0 saturated carbocycles. The number of amides is 2. The molecule has 134 valence electrons. The smallest absolute Gasteiger partial charge is 0.248 e. The first kappa shape index (κ1) is 16.9. The molecule has 1 saturated heterocycles. The van der Waals surface area contributed by atoms with Gasteiger partial charge in [-0.05, 0) is 48.9 Å². The number of halogens is 1. The number of likely N-dealkylation sites (tertiary alicyclic amines) is 1. The lowest BCUT2D eigenvalue weighted by Crippen LogP contribution is -2.49. The van der Waals surface area contributed by atoms with E-state index >= 15 is 0 Å². The summed E-state index contributed by atoms with van der Waals surface area (Å²) < 4.78 is 14.3. The second-order valence-electron chi connectivity index (χ2n) is 6.51. The van der Waals surface area contributed by atoms with Crippen molar-refractivity contribution in [3.05, 3.63) is 36.1 Å². The largest absolute Gasteiger partial charge is 0.331 e. The van der Waals surface area contributed by atoms with Crippen LogP contribution in [0.2, 0.25) is 0 Å². The maximum Gasteiger partial charge on any atom is 0.248 e. The first-order valence-corrected chi connectivity index (χ1v) is 9.41. The van der Waals surface area contributed by atoms with Gasteiger partial charge in [-0.25, -0.2) is 9.37 Å². The molecule has 7 heteroatoms. The molecule has 2 aromatic carbocycles. The minimum Gasteiger partial charge on any atom is -0.331 e. The van der Waals surface area contributed by atoms with Crippen molar-refractivity contribution < 1.29 is 14.0 Å². The third-order valence-electron chi connectivity index (χ3n) is 4.77. The quantitative estimate of drug-likeness (QED) is 0.742. The molecule has 5 nitrogen and oxygen atoms in total. The minimum atomic E-state index is -0.445. The van der Waals surface area contributed by atoms with Crippen LogP contribution in [0.4, 0.5) is 9.52 Å². The highest BCUT2D eigenvalue weighted by molar-refractivity contribution is 7.23. The number of nitrogens with zero attached hydrogens (tertiary/aromatic N) is 2. The van der Waals surface area contributed by atoms with Crippen LogP contribution in [0.5, 0.6) is 0 Å². The second-order valence-corrected chi connectivity index (χ2v) is 7.51. The molecule has 0 spiro atoms. The van der Waals surface area contributed by atoms with Crippen molar-refractivity contribution in [3.63, 3.8) is 0 Å². The van der Waals surface area contributed by atoms with Crippen molar-refractivity contribution >= 4 is 49.3 Å². The summed E-state index contributed by atoms with van der Waals surface area (Å²) in [6.45, 7) is 2.11. The van der Waals surface area contributed by atoms with Crippen LogP contribution in [0.25, 0.3) is 21.0 Å². The van der Waals surface area contributed by atoms with Gasteiger partial charge in [0.1, 0.15) is 11.9 Å². The molecule has 26 heavy (non-hydrogen) atoms. The average Bonchev–Trinajstić information content (AvgIpc) is 3.04. The lowest BCUT2D eigenvalue weighted by atomic mass is 10.0. The molecule has 1 aliphatic rings. The van der Waals surface area contributed by atoms with E-state index in [-0.39, 0.29) is 17.6 Å². The molecular weight excluding hydrogens is 353 g/mol. The number of fused-ring (bicyclic) bond motifs is 3. The van der Waals surface area contributed by atoms with E-state index < -0.39 is 6.04 Å². The standard InChI is InChI=1S/C19H18FN3O2S/c1-11(24)23-9-3-2-4-16(23)18(25)22-19-21-15-8-5-12-10-13(20)6-7-14(12)17(15)26-19/h5-8,10,16H,2-4,9H2,1H3,(H,21,22,25)/t16-/m1/s1. The van der Waals surface area contributed by atoms with Crippen molar-refractivity contribution in [2.24, 2.45) is 0 Å². The van der Waals surface area contributed by atoms with Gasteiger partial charge in [0.25, 0.3) is 0 Å². The van der Waals surface area contributed by atoms with Crippen molar-refractivity contribution in [2.75, 3.05) is 11.9 Å². The number of benzene rings is 2. The van der Waals surface area contributed by atoms with E-state index in [4.69, 9.17) is 0 Å². The van der Waals surface area contributed by atoms with Crippen LogP contribution in [0, 0.1) is 5.82 Å². The van der Waals surface area contributed by atoms with Crippen molar-refractivity contribution in [1.82, 2.24) is 9.88 Å². The molecule has 0 aliphatic carbocycles. The van der Waals surface area contributed by atoms with Crippen LogP contribution in [0.1, 0.15) is 26.2 Å². The first-order chi connectivity index (χ1) is 12.5. The Morgan fingerprint density at radius 2 is 2.12 bits per heavy atom. The van der Waals surface area contributed by atoms with Gasteiger partial charge in [-0.2, -0.15) is 0 Å². The molecule has 1 fully saturated rings. The fourth-order valence-corrected chi connectivity index (χ4v) is 4.51. The Balaban J connectivity index is 1.63. The summed E-state index contributed by atoms with van der Waals surface area (Å²) in [6, 6.07) is 7.84. The van der Waals surface area contributed by atoms with Gasteiger partial charge in [-0.3, -0.25) is 9.59 Å². The van der Waals surface area contributed by atoms with Gasteiger partial charge in [-0.15, -0.1) is 0 Å². The Bertz CT molecular complexity index is 1020. The number of piperidine rings is 1. The Hall–Kier alpha value is -2.54. The lowest BCUT2D eigenvalue weighted by molar-refractivity contribution is -0.138. The Labute approximate surface area is 153 Å². The van der Waals surface area contributed by atoms with Crippen molar-refractivity contribution in [1.29, 1.82) is 0 Å². The number of hydrogen-bond donors (Lipinski definition) is 1. The van der Waals surface area contributed by atoms with Gasteiger partial charge in [0.2, 0.25) is 11.8 Å². The van der Waals surface area contributed by atoms with Crippen molar-refractivity contribution in [3.8, 4) is 0 Å². The molecule has 0 unspecified atom stereocenters. The van der Waals surface area contributed by atoms with E-state index in [1.165, 1.54) is 30.4 Å². The van der Waals surface area contributed by atoms with Gasteiger partial charge in [0.15, 0.2) is 5.13 Å². The summed E-state index contributed by atoms with van der Waals surface area (Å²) in [5, 5.41) is 5.07. The molecular formula is C19H18FN3O2S. The topological polar surface area (TPSA) is 62.3 Å². The molecule has 3 aromatic rings. The van der Waals surface area contributed by atoms with Crippen LogP contribution in [-0.4, -0.2) is 34.3 Å². The summed E-state index contributed by atoms with van der Waals surface area (Å²) in [5.41, 5.74) is 0.761. The summed E-state index contributed by atoms with van der Waals surface area (Å²) in [4.78, 5) is 30.6. The number of carbonyl (C=O) groups is 2. The normalized spacial score (nSPS) is 17.6. The molecule has 2 heterocycles. The molecule has 1 N–H and O–H groups in total. The average molecular weight is 371 g/mol. The maximum atomic E-state index is 13.4. The Kier molecular flexibility index (Phi) is 4.32. The van der Waals surface area contributed by atoms with E-state index in [1.54, 1.807) is 11.0 Å². The van der Waals surface area contributed by atoms with Crippen LogP contribution >= 0.6 is 11.3 Å². The summed E-state index contributed by atoms with van der Waals surface area (Å²) in [5.74, 6) is -0.562. The zero-order valence-electron chi connectivity index (χ0n) is 14.3. The number of aromatic nitrogens is 1. The number of nitrogens with one attached hydrogen (secondary N) is 1. The predicted molar refractivity (Wildman–Crippen MR) is 101 cm³/mol.